The molecule has 4 rings (SSSR count). The van der Waals surface area contributed by atoms with Gasteiger partial charge in [0.1, 0.15) is 10.7 Å². The van der Waals surface area contributed by atoms with Gasteiger partial charge < -0.3 is 15.4 Å². The molecule has 188 valence electrons. The molecular weight excluding hydrogens is 517 g/mol. The number of hydrogen-bond donors (Lipinski definition) is 2. The molecule has 1 aliphatic heterocycles. The Bertz CT molecular complexity index is 1430. The molecule has 0 radical (unpaired) electrons. The maximum Gasteiger partial charge on any atom is 0.338 e. The van der Waals surface area contributed by atoms with Gasteiger partial charge in [0, 0.05) is 22.0 Å². The molecule has 3 amide bonds. The van der Waals surface area contributed by atoms with Crippen molar-refractivity contribution < 1.29 is 23.9 Å². The summed E-state index contributed by atoms with van der Waals surface area (Å²) in [6, 6.07) is 19.0. The third-order valence-electron chi connectivity index (χ3n) is 5.21. The predicted octanol–water partition coefficient (Wildman–Crippen LogP) is 5.59. The number of ether oxygens (including phenoxy) is 1. The van der Waals surface area contributed by atoms with Gasteiger partial charge >= 0.3 is 5.97 Å². The summed E-state index contributed by atoms with van der Waals surface area (Å²) in [7, 11) is 0. The molecule has 2 N–H and O–H groups in total. The first-order chi connectivity index (χ1) is 17.6. The van der Waals surface area contributed by atoms with Crippen molar-refractivity contribution in [3.8, 4) is 0 Å². The summed E-state index contributed by atoms with van der Waals surface area (Å²) in [5.74, 6) is -2.35. The minimum Gasteiger partial charge on any atom is -0.459 e. The number of benzene rings is 3. The van der Waals surface area contributed by atoms with E-state index in [0.29, 0.717) is 22.0 Å². The van der Waals surface area contributed by atoms with Crippen LogP contribution in [0.5, 0.6) is 0 Å². The molecule has 37 heavy (non-hydrogen) atoms. The fourth-order valence-electron chi connectivity index (χ4n) is 3.52. The summed E-state index contributed by atoms with van der Waals surface area (Å²) in [5.41, 5.74) is 1.59. The van der Waals surface area contributed by atoms with Gasteiger partial charge in [0.2, 0.25) is 0 Å². The summed E-state index contributed by atoms with van der Waals surface area (Å²) < 4.78 is 5.18. The lowest BCUT2D eigenvalue weighted by atomic mass is 10.1. The molecule has 3 aromatic carbocycles. The minimum atomic E-state index is -0.735. The fourth-order valence-corrected chi connectivity index (χ4v) is 3.92. The molecule has 1 aliphatic rings. The van der Waals surface area contributed by atoms with Gasteiger partial charge in [-0.3, -0.25) is 14.4 Å². The van der Waals surface area contributed by atoms with Crippen LogP contribution in [-0.4, -0.2) is 29.8 Å². The number of nitrogens with zero attached hydrogens (tertiary/aromatic N) is 1. The van der Waals surface area contributed by atoms with Crippen LogP contribution in [0.1, 0.15) is 34.6 Å². The van der Waals surface area contributed by atoms with Gasteiger partial charge in [0.05, 0.1) is 17.4 Å². The van der Waals surface area contributed by atoms with Gasteiger partial charge in [0.25, 0.3) is 17.7 Å². The van der Waals surface area contributed by atoms with Crippen molar-refractivity contribution in [2.24, 2.45) is 0 Å². The average Bonchev–Trinajstić information content (AvgIpc) is 3.07. The number of esters is 1. The van der Waals surface area contributed by atoms with E-state index < -0.39 is 17.8 Å². The largest absolute Gasteiger partial charge is 0.459 e. The van der Waals surface area contributed by atoms with E-state index in [1.165, 1.54) is 18.2 Å². The number of amides is 3. The lowest BCUT2D eigenvalue weighted by Crippen LogP contribution is -2.32. The van der Waals surface area contributed by atoms with Gasteiger partial charge in [-0.05, 0) is 74.5 Å². The van der Waals surface area contributed by atoms with Gasteiger partial charge in [0.15, 0.2) is 0 Å². The van der Waals surface area contributed by atoms with E-state index in [2.05, 4.69) is 10.6 Å². The number of halogens is 2. The molecule has 3 aromatic rings. The number of hydrogen-bond acceptors (Lipinski definition) is 6. The Labute approximate surface area is 222 Å². The highest BCUT2D eigenvalue weighted by molar-refractivity contribution is 6.53. The summed E-state index contributed by atoms with van der Waals surface area (Å²) in [6.45, 7) is 3.43. The van der Waals surface area contributed by atoms with E-state index >= 15 is 0 Å². The number of imide groups is 1. The lowest BCUT2D eigenvalue weighted by molar-refractivity contribution is -0.120. The monoisotopic (exact) mass is 537 g/mol. The first-order valence-electron chi connectivity index (χ1n) is 11.2. The zero-order chi connectivity index (χ0) is 26.7. The van der Waals surface area contributed by atoms with E-state index in [-0.39, 0.29) is 34.0 Å². The first-order valence-corrected chi connectivity index (χ1v) is 11.9. The lowest BCUT2D eigenvalue weighted by Gasteiger charge is -2.16. The molecule has 0 fully saturated rings. The number of carbonyl (C=O) groups excluding carboxylic acids is 4. The van der Waals surface area contributed by atoms with Crippen molar-refractivity contribution in [3.05, 3.63) is 99.7 Å². The normalized spacial score (nSPS) is 13.3. The van der Waals surface area contributed by atoms with Gasteiger partial charge in [-0.1, -0.05) is 35.3 Å². The molecule has 0 aromatic heterocycles. The third-order valence-corrected chi connectivity index (χ3v) is 5.79. The Morgan fingerprint density at radius 3 is 2.22 bits per heavy atom. The van der Waals surface area contributed by atoms with Crippen molar-refractivity contribution in [3.63, 3.8) is 0 Å². The molecule has 0 bridgehead atoms. The third kappa shape index (κ3) is 5.82. The fraction of sp³-hybridized carbons (Fsp3) is 0.111. The van der Waals surface area contributed by atoms with Crippen LogP contribution in [-0.2, 0) is 14.3 Å². The molecule has 0 spiro atoms. The second kappa shape index (κ2) is 10.9. The van der Waals surface area contributed by atoms with Crippen LogP contribution < -0.4 is 15.5 Å². The highest BCUT2D eigenvalue weighted by Crippen LogP contribution is 2.31. The van der Waals surface area contributed by atoms with E-state index in [1.807, 2.05) is 0 Å². The Morgan fingerprint density at radius 2 is 1.54 bits per heavy atom. The molecule has 10 heteroatoms. The average molecular weight is 538 g/mol. The van der Waals surface area contributed by atoms with Crippen LogP contribution in [0, 0.1) is 0 Å². The van der Waals surface area contributed by atoms with E-state index in [9.17, 15) is 19.2 Å². The minimum absolute atomic E-state index is 0.127. The predicted molar refractivity (Wildman–Crippen MR) is 142 cm³/mol. The topological polar surface area (TPSA) is 105 Å². The smallest absolute Gasteiger partial charge is 0.338 e. The SMILES string of the molecule is CC(C)OC(=O)c1cccc(N2C(=O)C(Cl)=C(Nc3ccc(C(=O)Nc4cccc(Cl)c4)cc3)C2=O)c1. The van der Waals surface area contributed by atoms with Crippen molar-refractivity contribution in [2.45, 2.75) is 20.0 Å². The van der Waals surface area contributed by atoms with Crippen LogP contribution in [0.3, 0.4) is 0 Å². The van der Waals surface area contributed by atoms with Crippen molar-refractivity contribution >= 4 is 64.0 Å². The number of carbonyl (C=O) groups is 4. The van der Waals surface area contributed by atoms with Crippen molar-refractivity contribution in [2.75, 3.05) is 15.5 Å². The van der Waals surface area contributed by atoms with E-state index in [1.54, 1.807) is 68.4 Å². The van der Waals surface area contributed by atoms with Crippen LogP contribution in [0.2, 0.25) is 5.02 Å². The summed E-state index contributed by atoms with van der Waals surface area (Å²) >= 11 is 12.2. The molecule has 8 nitrogen and oxygen atoms in total. The molecule has 0 aliphatic carbocycles. The highest BCUT2D eigenvalue weighted by Gasteiger charge is 2.39. The Morgan fingerprint density at radius 1 is 0.838 bits per heavy atom. The standard InChI is InChI=1S/C27H21Cl2N3O5/c1-15(2)37-27(36)17-5-3-8-21(13-17)32-25(34)22(29)23(26(32)35)30-19-11-9-16(10-12-19)24(33)31-20-7-4-6-18(28)14-20/h3-15,30H,1-2H3,(H,31,33). The van der Waals surface area contributed by atoms with Crippen LogP contribution in [0.25, 0.3) is 0 Å². The van der Waals surface area contributed by atoms with E-state index in [0.717, 1.165) is 4.90 Å². The van der Waals surface area contributed by atoms with Crippen LogP contribution in [0.15, 0.2) is 83.5 Å². The molecule has 1 heterocycles. The maximum atomic E-state index is 13.1. The molecular formula is C27H21Cl2N3O5. The first kappa shape index (κ1) is 25.9. The van der Waals surface area contributed by atoms with Crippen molar-refractivity contribution in [1.82, 2.24) is 0 Å². The molecule has 0 atom stereocenters. The summed E-state index contributed by atoms with van der Waals surface area (Å²) in [5, 5.41) is 5.79. The van der Waals surface area contributed by atoms with Crippen molar-refractivity contribution in [1.29, 1.82) is 0 Å². The number of rotatable bonds is 7. The second-order valence-corrected chi connectivity index (χ2v) is 9.12. The van der Waals surface area contributed by atoms with Crippen LogP contribution in [0.4, 0.5) is 17.1 Å². The summed E-state index contributed by atoms with van der Waals surface area (Å²) in [4.78, 5) is 51.6. The number of nitrogens with one attached hydrogen (secondary N) is 2. The van der Waals surface area contributed by atoms with E-state index in [4.69, 9.17) is 27.9 Å². The van der Waals surface area contributed by atoms with Gasteiger partial charge in [-0.25, -0.2) is 9.69 Å². The highest BCUT2D eigenvalue weighted by atomic mass is 35.5. The Hall–Kier alpha value is -4.14. The molecule has 0 saturated heterocycles. The quantitative estimate of drug-likeness (QED) is 0.300. The number of anilines is 3. The van der Waals surface area contributed by atoms with Gasteiger partial charge in [-0.2, -0.15) is 0 Å². The summed E-state index contributed by atoms with van der Waals surface area (Å²) in [6.07, 6.45) is -0.326. The zero-order valence-electron chi connectivity index (χ0n) is 19.7. The zero-order valence-corrected chi connectivity index (χ0v) is 21.3. The second-order valence-electron chi connectivity index (χ2n) is 8.31. The molecule has 0 saturated carbocycles. The Kier molecular flexibility index (Phi) is 7.61. The maximum absolute atomic E-state index is 13.1. The molecule has 0 unspecified atom stereocenters. The Balaban J connectivity index is 1.48. The van der Waals surface area contributed by atoms with Gasteiger partial charge in [-0.15, -0.1) is 0 Å². The van der Waals surface area contributed by atoms with Crippen LogP contribution >= 0.6 is 23.2 Å².